The lowest BCUT2D eigenvalue weighted by atomic mass is 10.1. The van der Waals surface area contributed by atoms with Gasteiger partial charge in [0.05, 0.1) is 19.0 Å². The topological polar surface area (TPSA) is 73.2 Å². The lowest BCUT2D eigenvalue weighted by Gasteiger charge is -2.22. The van der Waals surface area contributed by atoms with E-state index in [9.17, 15) is 9.59 Å². The fraction of sp³-hybridized carbons (Fsp3) is 0.476. The van der Waals surface area contributed by atoms with Gasteiger partial charge in [-0.3, -0.25) is 9.59 Å². The van der Waals surface area contributed by atoms with E-state index in [1.165, 1.54) is 0 Å². The second kappa shape index (κ2) is 9.35. The molecule has 2 atom stereocenters. The molecule has 0 bridgehead atoms. The van der Waals surface area contributed by atoms with Crippen molar-refractivity contribution < 1.29 is 14.3 Å². The number of ketones is 1. The maximum Gasteiger partial charge on any atom is 0.220 e. The number of aromatic nitrogens is 2. The summed E-state index contributed by atoms with van der Waals surface area (Å²) < 4.78 is 7.58. The molecule has 27 heavy (non-hydrogen) atoms. The largest absolute Gasteiger partial charge is 0.494 e. The van der Waals surface area contributed by atoms with Gasteiger partial charge in [0.1, 0.15) is 5.75 Å². The summed E-state index contributed by atoms with van der Waals surface area (Å²) in [6.45, 7) is 2.71. The van der Waals surface area contributed by atoms with Gasteiger partial charge in [-0.05, 0) is 49.9 Å². The van der Waals surface area contributed by atoms with Gasteiger partial charge in [0.15, 0.2) is 5.78 Å². The first-order chi connectivity index (χ1) is 13.2. The minimum absolute atomic E-state index is 0.0234. The number of nitrogens with one attached hydrogen (secondary N) is 1. The fourth-order valence-corrected chi connectivity index (χ4v) is 3.54. The average molecular weight is 369 g/mol. The molecule has 1 aliphatic carbocycles. The highest BCUT2D eigenvalue weighted by Gasteiger charge is 2.29. The van der Waals surface area contributed by atoms with Gasteiger partial charge in [-0.1, -0.05) is 6.92 Å². The molecule has 0 spiro atoms. The number of rotatable bonds is 9. The van der Waals surface area contributed by atoms with Gasteiger partial charge >= 0.3 is 0 Å². The Hall–Kier alpha value is -2.63. The first-order valence-electron chi connectivity index (χ1n) is 9.70. The second-order valence-corrected chi connectivity index (χ2v) is 6.98. The van der Waals surface area contributed by atoms with Crippen molar-refractivity contribution in [1.82, 2.24) is 14.9 Å². The van der Waals surface area contributed by atoms with Gasteiger partial charge in [-0.2, -0.15) is 0 Å². The average Bonchev–Trinajstić information content (AvgIpc) is 3.36. The highest BCUT2D eigenvalue weighted by molar-refractivity contribution is 5.98. The zero-order valence-corrected chi connectivity index (χ0v) is 15.8. The number of nitrogens with zero attached hydrogens (tertiary/aromatic N) is 2. The van der Waals surface area contributed by atoms with Crippen LogP contribution >= 0.6 is 0 Å². The number of imidazole rings is 1. The summed E-state index contributed by atoms with van der Waals surface area (Å²) in [6, 6.07) is 7.49. The Bertz CT molecular complexity index is 741. The molecule has 6 heteroatoms. The molecular weight excluding hydrogens is 342 g/mol. The van der Waals surface area contributed by atoms with Crippen LogP contribution in [0.2, 0.25) is 0 Å². The lowest BCUT2D eigenvalue weighted by Crippen LogP contribution is -2.38. The molecule has 144 valence electrons. The minimum atomic E-state index is -0.0664. The minimum Gasteiger partial charge on any atom is -0.494 e. The van der Waals surface area contributed by atoms with Crippen molar-refractivity contribution in [1.29, 1.82) is 0 Å². The maximum absolute atomic E-state index is 12.3. The molecule has 6 nitrogen and oxygen atoms in total. The van der Waals surface area contributed by atoms with Crippen LogP contribution in [-0.2, 0) is 4.79 Å². The van der Waals surface area contributed by atoms with Crippen LogP contribution in [0.4, 0.5) is 0 Å². The molecule has 1 N–H and O–H groups in total. The van der Waals surface area contributed by atoms with E-state index in [4.69, 9.17) is 4.74 Å². The highest BCUT2D eigenvalue weighted by Crippen LogP contribution is 2.30. The monoisotopic (exact) mass is 369 g/mol. The summed E-state index contributed by atoms with van der Waals surface area (Å²) in [4.78, 5) is 28.7. The molecule has 1 amide bonds. The molecule has 2 aromatic rings. The van der Waals surface area contributed by atoms with Gasteiger partial charge in [-0.15, -0.1) is 0 Å². The van der Waals surface area contributed by atoms with Crippen molar-refractivity contribution in [3.8, 4) is 5.75 Å². The third kappa shape index (κ3) is 5.18. The summed E-state index contributed by atoms with van der Waals surface area (Å²) in [6.07, 6.45) is 9.93. The van der Waals surface area contributed by atoms with Crippen LogP contribution in [0.15, 0.2) is 43.0 Å². The van der Waals surface area contributed by atoms with Gasteiger partial charge in [0.25, 0.3) is 0 Å². The van der Waals surface area contributed by atoms with E-state index < -0.39 is 0 Å². The molecule has 0 saturated heterocycles. The van der Waals surface area contributed by atoms with E-state index >= 15 is 0 Å². The van der Waals surface area contributed by atoms with E-state index in [-0.39, 0.29) is 36.6 Å². The Morgan fingerprint density at radius 2 is 2.04 bits per heavy atom. The molecule has 1 saturated carbocycles. The van der Waals surface area contributed by atoms with Crippen LogP contribution < -0.4 is 10.1 Å². The highest BCUT2D eigenvalue weighted by atomic mass is 16.5. The number of hydrogen-bond acceptors (Lipinski definition) is 4. The van der Waals surface area contributed by atoms with E-state index in [2.05, 4.69) is 14.9 Å². The Labute approximate surface area is 159 Å². The predicted octanol–water partition coefficient (Wildman–Crippen LogP) is 3.54. The molecule has 0 aliphatic heterocycles. The third-order valence-electron chi connectivity index (χ3n) is 4.96. The van der Waals surface area contributed by atoms with Gasteiger partial charge < -0.3 is 14.6 Å². The van der Waals surface area contributed by atoms with E-state index in [1.54, 1.807) is 36.8 Å². The molecule has 1 aromatic heterocycles. The number of ether oxygens (including phenoxy) is 1. The van der Waals surface area contributed by atoms with Gasteiger partial charge in [0, 0.05) is 36.8 Å². The van der Waals surface area contributed by atoms with Crippen molar-refractivity contribution in [2.45, 2.75) is 57.5 Å². The first-order valence-corrected chi connectivity index (χ1v) is 9.70. The molecule has 0 radical (unpaired) electrons. The maximum atomic E-state index is 12.3. The Morgan fingerprint density at radius 1 is 1.22 bits per heavy atom. The third-order valence-corrected chi connectivity index (χ3v) is 4.96. The Balaban J connectivity index is 1.46. The van der Waals surface area contributed by atoms with Crippen molar-refractivity contribution in [2.75, 3.05) is 6.61 Å². The zero-order valence-electron chi connectivity index (χ0n) is 15.8. The molecule has 1 heterocycles. The van der Waals surface area contributed by atoms with Crippen LogP contribution in [-0.4, -0.2) is 33.9 Å². The van der Waals surface area contributed by atoms with Crippen molar-refractivity contribution in [2.24, 2.45) is 0 Å². The number of benzene rings is 1. The Kier molecular flexibility index (Phi) is 6.63. The molecular formula is C21H27N3O3. The van der Waals surface area contributed by atoms with Crippen LogP contribution in [0, 0.1) is 0 Å². The van der Waals surface area contributed by atoms with E-state index in [0.29, 0.717) is 12.2 Å². The summed E-state index contributed by atoms with van der Waals surface area (Å²) in [5, 5.41) is 3.10. The number of Topliss-reactive ketones (excluding diaryl/α,β-unsaturated/α-hetero) is 1. The van der Waals surface area contributed by atoms with Crippen LogP contribution in [0.1, 0.15) is 61.8 Å². The normalized spacial score (nSPS) is 19.0. The van der Waals surface area contributed by atoms with E-state index in [0.717, 1.165) is 31.4 Å². The van der Waals surface area contributed by atoms with Crippen LogP contribution in [0.5, 0.6) is 5.75 Å². The molecule has 1 aromatic carbocycles. The Morgan fingerprint density at radius 3 is 2.74 bits per heavy atom. The molecule has 1 aliphatic rings. The van der Waals surface area contributed by atoms with Gasteiger partial charge in [-0.25, -0.2) is 4.98 Å². The van der Waals surface area contributed by atoms with E-state index in [1.807, 2.05) is 13.1 Å². The zero-order chi connectivity index (χ0) is 19.1. The molecule has 2 unspecified atom stereocenters. The standard InChI is InChI=1S/C21H27N3O3/c1-2-14-27-17-8-6-16(7-9-17)20(25)10-11-21(26)23-18-4-3-5-19(18)24-13-12-22-15-24/h6-9,12-13,15,18-19H,2-5,10-11,14H2,1H3,(H,23,26). The number of amides is 1. The smallest absolute Gasteiger partial charge is 0.220 e. The second-order valence-electron chi connectivity index (χ2n) is 6.98. The first kappa shape index (κ1) is 19.1. The SMILES string of the molecule is CCCOc1ccc(C(=O)CCC(=O)NC2CCCC2n2ccnc2)cc1. The molecule has 1 fully saturated rings. The van der Waals surface area contributed by atoms with Crippen LogP contribution in [0.3, 0.4) is 0 Å². The summed E-state index contributed by atoms with van der Waals surface area (Å²) in [7, 11) is 0. The quantitative estimate of drug-likeness (QED) is 0.686. The summed E-state index contributed by atoms with van der Waals surface area (Å²) >= 11 is 0. The molecule has 3 rings (SSSR count). The number of hydrogen-bond donors (Lipinski definition) is 1. The summed E-state index contributed by atoms with van der Waals surface area (Å²) in [5.41, 5.74) is 0.615. The van der Waals surface area contributed by atoms with Gasteiger partial charge in [0.2, 0.25) is 5.91 Å². The lowest BCUT2D eigenvalue weighted by molar-refractivity contribution is -0.121. The number of carbonyl (C=O) groups excluding carboxylic acids is 2. The van der Waals surface area contributed by atoms with Crippen molar-refractivity contribution in [3.05, 3.63) is 48.5 Å². The fourth-order valence-electron chi connectivity index (χ4n) is 3.54. The van der Waals surface area contributed by atoms with Crippen molar-refractivity contribution >= 4 is 11.7 Å². The number of carbonyl (C=O) groups is 2. The summed E-state index contributed by atoms with van der Waals surface area (Å²) in [5.74, 6) is 0.672. The predicted molar refractivity (Wildman–Crippen MR) is 103 cm³/mol. The van der Waals surface area contributed by atoms with Crippen LogP contribution in [0.25, 0.3) is 0 Å². The van der Waals surface area contributed by atoms with Crippen molar-refractivity contribution in [3.63, 3.8) is 0 Å².